The minimum absolute atomic E-state index is 0.0315. The maximum Gasteiger partial charge on any atom is 0.269 e. The molecule has 11 heteroatoms. The number of hydrogen-bond donors (Lipinski definition) is 3. The van der Waals surface area contributed by atoms with E-state index in [0.717, 1.165) is 12.8 Å². The summed E-state index contributed by atoms with van der Waals surface area (Å²) in [5.74, 6) is -1.88. The van der Waals surface area contributed by atoms with E-state index >= 15 is 0 Å². The van der Waals surface area contributed by atoms with Crippen molar-refractivity contribution in [1.82, 2.24) is 4.90 Å². The van der Waals surface area contributed by atoms with Crippen LogP contribution in [0.25, 0.3) is 0 Å². The van der Waals surface area contributed by atoms with Crippen LogP contribution in [0.5, 0.6) is 0 Å². The van der Waals surface area contributed by atoms with E-state index in [1.165, 1.54) is 23.1 Å². The van der Waals surface area contributed by atoms with Crippen LogP contribution in [0.3, 0.4) is 0 Å². The van der Waals surface area contributed by atoms with Crippen molar-refractivity contribution in [2.75, 3.05) is 23.4 Å². The van der Waals surface area contributed by atoms with Crippen LogP contribution in [0, 0.1) is 16.0 Å². The Morgan fingerprint density at radius 3 is 2.55 bits per heavy atom. The molecule has 2 aliphatic heterocycles. The van der Waals surface area contributed by atoms with E-state index in [9.17, 15) is 34.7 Å². The highest BCUT2D eigenvalue weighted by atomic mass is 16.6. The van der Waals surface area contributed by atoms with Crippen LogP contribution in [-0.4, -0.2) is 57.0 Å². The van der Waals surface area contributed by atoms with E-state index in [2.05, 4.69) is 5.32 Å². The van der Waals surface area contributed by atoms with Gasteiger partial charge in [0.05, 0.1) is 29.8 Å². The normalized spacial score (nSPS) is 20.2. The Hall–Kier alpha value is -4.87. The summed E-state index contributed by atoms with van der Waals surface area (Å²) in [6, 6.07) is 19.5. The van der Waals surface area contributed by atoms with E-state index in [1.54, 1.807) is 72.5 Å². The van der Waals surface area contributed by atoms with Gasteiger partial charge in [0, 0.05) is 47.8 Å². The number of likely N-dealkylation sites (tertiary alicyclic amines) is 1. The van der Waals surface area contributed by atoms with Gasteiger partial charge in [0.15, 0.2) is 5.60 Å². The van der Waals surface area contributed by atoms with Gasteiger partial charge in [0.25, 0.3) is 17.5 Å². The number of fused-ring (bicyclic) bond motifs is 1. The number of anilines is 2. The monoisotopic (exact) mass is 598 g/mol. The predicted octanol–water partition coefficient (Wildman–Crippen LogP) is 4.15. The zero-order chi connectivity index (χ0) is 31.4. The topological polar surface area (TPSA) is 153 Å². The average Bonchev–Trinajstić information content (AvgIpc) is 3.60. The Morgan fingerprint density at radius 2 is 1.86 bits per heavy atom. The second-order valence-electron chi connectivity index (χ2n) is 11.1. The van der Waals surface area contributed by atoms with Gasteiger partial charge in [-0.1, -0.05) is 49.4 Å². The zero-order valence-electron chi connectivity index (χ0n) is 24.3. The van der Waals surface area contributed by atoms with Crippen molar-refractivity contribution < 1.29 is 29.5 Å². The van der Waals surface area contributed by atoms with Gasteiger partial charge in [0.2, 0.25) is 5.91 Å². The maximum atomic E-state index is 13.9. The van der Waals surface area contributed by atoms with Gasteiger partial charge in [-0.25, -0.2) is 0 Å². The number of benzene rings is 3. The standard InChI is InChI=1S/C33H34N4O7/c1-22(7-5-11-30(39)35-18-6-10-27(35)21-38)33(42)28-19-26(37(43)44)16-17-29(28)36(32(33)41)20-23-12-14-25(15-13-23)34-31(40)24-8-3-2-4-9-24/h2-5,7-9,12-17,19,22,27,38,42H,6,10-11,18,20-21H2,1H3,(H,34,40)/b7-5+/t22-,27+,33+/m1/s1. The average molecular weight is 599 g/mol. The summed E-state index contributed by atoms with van der Waals surface area (Å²) in [7, 11) is 0. The van der Waals surface area contributed by atoms with E-state index in [0.29, 0.717) is 29.0 Å². The number of hydrogen-bond acceptors (Lipinski definition) is 7. The number of carbonyl (C=O) groups is 3. The number of aliphatic hydroxyl groups is 2. The molecule has 1 saturated heterocycles. The molecular formula is C33H34N4O7. The number of rotatable bonds is 10. The van der Waals surface area contributed by atoms with Gasteiger partial charge in [-0.05, 0) is 48.7 Å². The number of nitrogens with one attached hydrogen (secondary N) is 1. The Morgan fingerprint density at radius 1 is 1.14 bits per heavy atom. The molecular weight excluding hydrogens is 564 g/mol. The zero-order valence-corrected chi connectivity index (χ0v) is 24.3. The van der Waals surface area contributed by atoms with Crippen LogP contribution in [0.4, 0.5) is 17.1 Å². The molecule has 3 atom stereocenters. The molecule has 0 aromatic heterocycles. The van der Waals surface area contributed by atoms with Crippen LogP contribution in [0.2, 0.25) is 0 Å². The number of nitro benzene ring substituents is 1. The van der Waals surface area contributed by atoms with Gasteiger partial charge >= 0.3 is 0 Å². The third kappa shape index (κ3) is 5.97. The summed E-state index contributed by atoms with van der Waals surface area (Å²) in [5, 5.41) is 35.8. The Kier molecular flexibility index (Phi) is 8.88. The molecule has 3 amide bonds. The van der Waals surface area contributed by atoms with E-state index < -0.39 is 22.3 Å². The van der Waals surface area contributed by atoms with E-state index in [4.69, 9.17) is 0 Å². The summed E-state index contributed by atoms with van der Waals surface area (Å²) >= 11 is 0. The van der Waals surface area contributed by atoms with Gasteiger partial charge < -0.3 is 25.3 Å². The first-order valence-corrected chi connectivity index (χ1v) is 14.5. The highest BCUT2D eigenvalue weighted by Gasteiger charge is 2.53. The smallest absolute Gasteiger partial charge is 0.269 e. The van der Waals surface area contributed by atoms with Crippen molar-refractivity contribution in [3.8, 4) is 0 Å². The lowest BCUT2D eigenvalue weighted by Crippen LogP contribution is -2.44. The molecule has 44 heavy (non-hydrogen) atoms. The SMILES string of the molecule is C[C@H](/C=C/CC(=O)N1CCC[C@H]1CO)[C@@]1(O)C(=O)N(Cc2ccc(NC(=O)c3ccccc3)cc2)c2ccc([N+](=O)[O-])cc21. The molecule has 0 saturated carbocycles. The predicted molar refractivity (Wildman–Crippen MR) is 164 cm³/mol. The minimum atomic E-state index is -2.11. The van der Waals surface area contributed by atoms with Crippen molar-refractivity contribution in [3.05, 3.63) is 112 Å². The molecule has 228 valence electrons. The van der Waals surface area contributed by atoms with Gasteiger partial charge in [0.1, 0.15) is 0 Å². The first-order valence-electron chi connectivity index (χ1n) is 14.5. The molecule has 0 bridgehead atoms. The van der Waals surface area contributed by atoms with Crippen LogP contribution < -0.4 is 10.2 Å². The Balaban J connectivity index is 1.35. The fourth-order valence-corrected chi connectivity index (χ4v) is 5.86. The van der Waals surface area contributed by atoms with Crippen LogP contribution >= 0.6 is 0 Å². The lowest BCUT2D eigenvalue weighted by molar-refractivity contribution is -0.385. The highest BCUT2D eigenvalue weighted by molar-refractivity contribution is 6.07. The number of nitrogens with zero attached hydrogens (tertiary/aromatic N) is 3. The minimum Gasteiger partial charge on any atom is -0.394 e. The Bertz CT molecular complexity index is 1590. The number of amides is 3. The van der Waals surface area contributed by atoms with Crippen molar-refractivity contribution in [2.24, 2.45) is 5.92 Å². The maximum absolute atomic E-state index is 13.9. The molecule has 3 aromatic rings. The lowest BCUT2D eigenvalue weighted by Gasteiger charge is -2.28. The third-order valence-corrected chi connectivity index (χ3v) is 8.34. The molecule has 11 nitrogen and oxygen atoms in total. The Labute approximate surface area is 254 Å². The molecule has 0 radical (unpaired) electrons. The van der Waals surface area contributed by atoms with Gasteiger partial charge in [-0.3, -0.25) is 24.5 Å². The molecule has 3 aromatic carbocycles. The molecule has 1 fully saturated rings. The largest absolute Gasteiger partial charge is 0.394 e. The highest BCUT2D eigenvalue weighted by Crippen LogP contribution is 2.47. The molecule has 2 heterocycles. The van der Waals surface area contributed by atoms with E-state index in [1.807, 2.05) is 6.07 Å². The molecule has 0 aliphatic carbocycles. The first kappa shape index (κ1) is 30.6. The summed E-state index contributed by atoms with van der Waals surface area (Å²) in [6.45, 7) is 2.17. The number of aliphatic hydroxyl groups excluding tert-OH is 1. The molecule has 0 spiro atoms. The third-order valence-electron chi connectivity index (χ3n) is 8.34. The van der Waals surface area contributed by atoms with E-state index in [-0.39, 0.29) is 48.7 Å². The van der Waals surface area contributed by atoms with Crippen LogP contribution in [0.15, 0.2) is 84.9 Å². The molecule has 2 aliphatic rings. The fourth-order valence-electron chi connectivity index (χ4n) is 5.86. The van der Waals surface area contributed by atoms with Crippen LogP contribution in [0.1, 0.15) is 47.7 Å². The fraction of sp³-hybridized carbons (Fsp3) is 0.303. The first-order chi connectivity index (χ1) is 21.1. The lowest BCUT2D eigenvalue weighted by atomic mass is 9.82. The van der Waals surface area contributed by atoms with Crippen molar-refractivity contribution >= 4 is 34.8 Å². The van der Waals surface area contributed by atoms with Gasteiger partial charge in [-0.15, -0.1) is 0 Å². The summed E-state index contributed by atoms with van der Waals surface area (Å²) < 4.78 is 0. The number of nitro groups is 1. The van der Waals surface area contributed by atoms with Crippen molar-refractivity contribution in [1.29, 1.82) is 0 Å². The quantitative estimate of drug-likeness (QED) is 0.180. The summed E-state index contributed by atoms with van der Waals surface area (Å²) in [4.78, 5) is 53.1. The number of carbonyl (C=O) groups excluding carboxylic acids is 3. The second kappa shape index (κ2) is 12.8. The molecule has 5 rings (SSSR count). The summed E-state index contributed by atoms with van der Waals surface area (Å²) in [6.07, 6.45) is 4.77. The van der Waals surface area contributed by atoms with Crippen molar-refractivity contribution in [3.63, 3.8) is 0 Å². The van der Waals surface area contributed by atoms with Crippen LogP contribution in [-0.2, 0) is 21.7 Å². The van der Waals surface area contributed by atoms with Crippen molar-refractivity contribution in [2.45, 2.75) is 44.4 Å². The molecule has 3 N–H and O–H groups in total. The molecule has 0 unspecified atom stereocenters. The number of non-ortho nitro benzene ring substituents is 1. The van der Waals surface area contributed by atoms with Gasteiger partial charge in [-0.2, -0.15) is 0 Å². The second-order valence-corrected chi connectivity index (χ2v) is 11.1. The summed E-state index contributed by atoms with van der Waals surface area (Å²) in [5.41, 5.74) is -0.104.